The second-order valence-corrected chi connectivity index (χ2v) is 5.12. The molecule has 2 fully saturated rings. The lowest BCUT2D eigenvalue weighted by molar-refractivity contribution is -0.188. The maximum Gasteiger partial charge on any atom is 0.391 e. The average molecular weight is 251 g/mol. The summed E-state index contributed by atoms with van der Waals surface area (Å²) in [6.45, 7) is 0. The van der Waals surface area contributed by atoms with Gasteiger partial charge in [0.15, 0.2) is 0 Å². The predicted molar refractivity (Wildman–Crippen MR) is 54.5 cm³/mol. The van der Waals surface area contributed by atoms with E-state index in [1.165, 1.54) is 0 Å². The van der Waals surface area contributed by atoms with E-state index in [-0.39, 0.29) is 31.7 Å². The van der Waals surface area contributed by atoms with Gasteiger partial charge in [-0.2, -0.15) is 13.2 Å². The molecule has 6 heteroatoms. The van der Waals surface area contributed by atoms with Crippen molar-refractivity contribution in [2.24, 2.45) is 5.92 Å². The highest BCUT2D eigenvalue weighted by molar-refractivity contribution is 5.79. The molecule has 0 heterocycles. The standard InChI is InChI=1S/C11H16F3NO2/c12-11(13,14)7-3-5-10(6-4-7,9(16)17)15-8-1-2-8/h7-8,15H,1-6H2,(H,16,17). The van der Waals surface area contributed by atoms with Gasteiger partial charge in [-0.3, -0.25) is 10.1 Å². The van der Waals surface area contributed by atoms with Crippen LogP contribution in [0.1, 0.15) is 38.5 Å². The Kier molecular flexibility index (Phi) is 3.10. The number of aliphatic carboxylic acids is 1. The summed E-state index contributed by atoms with van der Waals surface area (Å²) in [7, 11) is 0. The van der Waals surface area contributed by atoms with Crippen molar-refractivity contribution in [2.75, 3.05) is 0 Å². The zero-order valence-electron chi connectivity index (χ0n) is 9.39. The lowest BCUT2D eigenvalue weighted by Gasteiger charge is -2.38. The minimum Gasteiger partial charge on any atom is -0.480 e. The molecule has 2 saturated carbocycles. The van der Waals surface area contributed by atoms with Gasteiger partial charge in [0.2, 0.25) is 0 Å². The first-order valence-electron chi connectivity index (χ1n) is 5.91. The van der Waals surface area contributed by atoms with E-state index in [4.69, 9.17) is 0 Å². The molecule has 3 nitrogen and oxygen atoms in total. The van der Waals surface area contributed by atoms with Crippen LogP contribution in [0.5, 0.6) is 0 Å². The molecule has 0 aromatic rings. The molecule has 98 valence electrons. The van der Waals surface area contributed by atoms with E-state index in [0.717, 1.165) is 12.8 Å². The average Bonchev–Trinajstić information content (AvgIpc) is 3.00. The Bertz CT molecular complexity index is 304. The zero-order valence-corrected chi connectivity index (χ0v) is 9.39. The molecule has 17 heavy (non-hydrogen) atoms. The van der Waals surface area contributed by atoms with Crippen LogP contribution in [0.3, 0.4) is 0 Å². The van der Waals surface area contributed by atoms with Gasteiger partial charge < -0.3 is 5.11 Å². The Morgan fingerprint density at radius 1 is 1.18 bits per heavy atom. The molecule has 0 atom stereocenters. The topological polar surface area (TPSA) is 49.3 Å². The normalized spacial score (nSPS) is 34.6. The molecule has 0 amide bonds. The van der Waals surface area contributed by atoms with Crippen molar-refractivity contribution in [3.05, 3.63) is 0 Å². The van der Waals surface area contributed by atoms with Crippen LogP contribution in [0, 0.1) is 5.92 Å². The van der Waals surface area contributed by atoms with E-state index in [1.807, 2.05) is 0 Å². The van der Waals surface area contributed by atoms with Crippen LogP contribution in [0.4, 0.5) is 13.2 Å². The van der Waals surface area contributed by atoms with E-state index >= 15 is 0 Å². The fourth-order valence-electron chi connectivity index (χ4n) is 2.48. The van der Waals surface area contributed by atoms with Gasteiger partial charge >= 0.3 is 12.1 Å². The molecule has 0 unspecified atom stereocenters. The van der Waals surface area contributed by atoms with Crippen molar-refractivity contribution in [3.8, 4) is 0 Å². The van der Waals surface area contributed by atoms with Crippen molar-refractivity contribution >= 4 is 5.97 Å². The van der Waals surface area contributed by atoms with Gasteiger partial charge in [0, 0.05) is 6.04 Å². The molecule has 0 aromatic heterocycles. The number of carbonyl (C=O) groups is 1. The quantitative estimate of drug-likeness (QED) is 0.809. The van der Waals surface area contributed by atoms with E-state index in [2.05, 4.69) is 5.32 Å². The number of carboxylic acid groups (broad SMARTS) is 1. The molecule has 0 aromatic carbocycles. The lowest BCUT2D eigenvalue weighted by Crippen LogP contribution is -2.55. The van der Waals surface area contributed by atoms with Gasteiger partial charge in [0.05, 0.1) is 5.92 Å². The smallest absolute Gasteiger partial charge is 0.391 e. The lowest BCUT2D eigenvalue weighted by atomic mass is 9.76. The van der Waals surface area contributed by atoms with Crippen molar-refractivity contribution < 1.29 is 23.1 Å². The molecule has 0 saturated heterocycles. The first kappa shape index (κ1) is 12.7. The largest absolute Gasteiger partial charge is 0.480 e. The number of hydrogen-bond donors (Lipinski definition) is 2. The van der Waals surface area contributed by atoms with E-state index in [0.29, 0.717) is 0 Å². The van der Waals surface area contributed by atoms with Crippen molar-refractivity contribution in [1.82, 2.24) is 5.32 Å². The Morgan fingerprint density at radius 3 is 2.06 bits per heavy atom. The van der Waals surface area contributed by atoms with Crippen LogP contribution in [0.15, 0.2) is 0 Å². The minimum atomic E-state index is -4.19. The summed E-state index contributed by atoms with van der Waals surface area (Å²) in [4.78, 5) is 11.3. The molecule has 2 N–H and O–H groups in total. The molecule has 2 aliphatic rings. The van der Waals surface area contributed by atoms with Crippen molar-refractivity contribution in [1.29, 1.82) is 0 Å². The molecule has 0 spiro atoms. The number of hydrogen-bond acceptors (Lipinski definition) is 2. The Labute approximate surface area is 97.4 Å². The number of halogens is 3. The summed E-state index contributed by atoms with van der Waals surface area (Å²) in [6, 6.07) is 0.188. The number of alkyl halides is 3. The minimum absolute atomic E-state index is 0.0724. The Hall–Kier alpha value is -0.780. The second-order valence-electron chi connectivity index (χ2n) is 5.12. The summed E-state index contributed by atoms with van der Waals surface area (Å²) in [6.07, 6.45) is -2.36. The third-order valence-corrected chi connectivity index (χ3v) is 3.77. The third-order valence-electron chi connectivity index (χ3n) is 3.77. The van der Waals surface area contributed by atoms with E-state index in [9.17, 15) is 23.1 Å². The monoisotopic (exact) mass is 251 g/mol. The molecule has 2 aliphatic carbocycles. The molecule has 0 bridgehead atoms. The third kappa shape index (κ3) is 2.73. The molecule has 2 rings (SSSR count). The predicted octanol–water partition coefficient (Wildman–Crippen LogP) is 2.31. The maximum absolute atomic E-state index is 12.5. The Balaban J connectivity index is 2.00. The first-order chi connectivity index (χ1) is 7.83. The fraction of sp³-hybridized carbons (Fsp3) is 0.909. The Morgan fingerprint density at radius 2 is 1.71 bits per heavy atom. The van der Waals surface area contributed by atoms with Crippen LogP contribution in [-0.4, -0.2) is 28.8 Å². The summed E-state index contributed by atoms with van der Waals surface area (Å²) >= 11 is 0. The summed E-state index contributed by atoms with van der Waals surface area (Å²) in [5.74, 6) is -2.35. The summed E-state index contributed by atoms with van der Waals surface area (Å²) in [5.41, 5.74) is -1.12. The number of nitrogens with one attached hydrogen (secondary N) is 1. The van der Waals surface area contributed by atoms with Gasteiger partial charge in [0.1, 0.15) is 5.54 Å². The number of rotatable bonds is 3. The van der Waals surface area contributed by atoms with Gasteiger partial charge in [-0.1, -0.05) is 0 Å². The van der Waals surface area contributed by atoms with Crippen LogP contribution in [0.25, 0.3) is 0 Å². The fourth-order valence-corrected chi connectivity index (χ4v) is 2.48. The number of carboxylic acids is 1. The van der Waals surface area contributed by atoms with Gasteiger partial charge in [0.25, 0.3) is 0 Å². The zero-order chi connectivity index (χ0) is 12.7. The van der Waals surface area contributed by atoms with Gasteiger partial charge in [-0.15, -0.1) is 0 Å². The van der Waals surface area contributed by atoms with Crippen molar-refractivity contribution in [3.63, 3.8) is 0 Å². The summed E-state index contributed by atoms with van der Waals surface area (Å²) < 4.78 is 37.5. The maximum atomic E-state index is 12.5. The SMILES string of the molecule is O=C(O)C1(NC2CC2)CCC(C(F)(F)F)CC1. The van der Waals surface area contributed by atoms with E-state index in [1.54, 1.807) is 0 Å². The van der Waals surface area contributed by atoms with Crippen LogP contribution in [-0.2, 0) is 4.79 Å². The molecular formula is C11H16F3NO2. The van der Waals surface area contributed by atoms with Crippen LogP contribution >= 0.6 is 0 Å². The van der Waals surface area contributed by atoms with Crippen molar-refractivity contribution in [2.45, 2.75) is 56.3 Å². The van der Waals surface area contributed by atoms with Gasteiger partial charge in [-0.25, -0.2) is 0 Å². The highest BCUT2D eigenvalue weighted by Crippen LogP contribution is 2.42. The molecular weight excluding hydrogens is 235 g/mol. The highest BCUT2D eigenvalue weighted by atomic mass is 19.4. The van der Waals surface area contributed by atoms with Crippen LogP contribution < -0.4 is 5.32 Å². The first-order valence-corrected chi connectivity index (χ1v) is 5.91. The van der Waals surface area contributed by atoms with E-state index < -0.39 is 23.6 Å². The van der Waals surface area contributed by atoms with Crippen LogP contribution in [0.2, 0.25) is 0 Å². The molecule has 0 aliphatic heterocycles. The highest BCUT2D eigenvalue weighted by Gasteiger charge is 2.50. The second kappa shape index (κ2) is 4.15. The summed E-state index contributed by atoms with van der Waals surface area (Å²) in [5, 5.41) is 12.2. The molecule has 0 radical (unpaired) electrons. The van der Waals surface area contributed by atoms with Gasteiger partial charge in [-0.05, 0) is 38.5 Å².